The second kappa shape index (κ2) is 9.25. The second-order valence-electron chi connectivity index (χ2n) is 9.09. The van der Waals surface area contributed by atoms with Gasteiger partial charge in [-0.05, 0) is 49.4 Å². The van der Waals surface area contributed by atoms with Crippen molar-refractivity contribution in [2.24, 2.45) is 0 Å². The molecule has 0 atom stereocenters. The van der Waals surface area contributed by atoms with E-state index in [1.165, 1.54) is 12.8 Å². The second-order valence-corrected chi connectivity index (χ2v) is 9.09. The average Bonchev–Trinajstić information content (AvgIpc) is 3.50. The molecule has 172 valence electrons. The molecular formula is C26H29N3O4. The van der Waals surface area contributed by atoms with E-state index in [9.17, 15) is 14.7 Å². The number of hydrogen-bond acceptors (Lipinski definition) is 4. The van der Waals surface area contributed by atoms with Crippen LogP contribution >= 0.6 is 0 Å². The van der Waals surface area contributed by atoms with Gasteiger partial charge in [0, 0.05) is 25.0 Å². The minimum atomic E-state index is -0.934. The monoisotopic (exact) mass is 447 g/mol. The SMILES string of the molecule is O=C(O)c1ccc2c(c1)nc(C1CCN(C(=O)OCc3ccccc3)CC1)n2C1CCCC1. The Morgan fingerprint density at radius 2 is 1.73 bits per heavy atom. The number of benzene rings is 2. The minimum absolute atomic E-state index is 0.240. The van der Waals surface area contributed by atoms with Crippen molar-refractivity contribution in [2.75, 3.05) is 13.1 Å². The van der Waals surface area contributed by atoms with Crippen molar-refractivity contribution in [2.45, 2.75) is 57.1 Å². The van der Waals surface area contributed by atoms with E-state index in [0.29, 0.717) is 19.1 Å². The van der Waals surface area contributed by atoms with Crippen LogP contribution < -0.4 is 0 Å². The number of nitrogens with zero attached hydrogens (tertiary/aromatic N) is 3. The molecule has 7 heteroatoms. The molecule has 2 fully saturated rings. The number of amides is 1. The van der Waals surface area contributed by atoms with Gasteiger partial charge in [0.2, 0.25) is 0 Å². The van der Waals surface area contributed by atoms with Gasteiger partial charge in [0.05, 0.1) is 16.6 Å². The molecule has 3 aromatic rings. The molecule has 5 rings (SSSR count). The lowest BCUT2D eigenvalue weighted by molar-refractivity contribution is 0.0696. The summed E-state index contributed by atoms with van der Waals surface area (Å²) in [5.41, 5.74) is 3.01. The van der Waals surface area contributed by atoms with E-state index >= 15 is 0 Å². The summed E-state index contributed by atoms with van der Waals surface area (Å²) in [5.74, 6) is 0.345. The molecule has 0 radical (unpaired) electrons. The van der Waals surface area contributed by atoms with E-state index in [-0.39, 0.29) is 24.2 Å². The van der Waals surface area contributed by atoms with Gasteiger partial charge >= 0.3 is 12.1 Å². The number of carbonyl (C=O) groups excluding carboxylic acids is 1. The zero-order chi connectivity index (χ0) is 22.8. The largest absolute Gasteiger partial charge is 0.478 e. The highest BCUT2D eigenvalue weighted by Gasteiger charge is 2.31. The van der Waals surface area contributed by atoms with Gasteiger partial charge in [-0.2, -0.15) is 0 Å². The number of carboxylic acids is 1. The molecule has 0 bridgehead atoms. The summed E-state index contributed by atoms with van der Waals surface area (Å²) in [4.78, 5) is 30.7. The summed E-state index contributed by atoms with van der Waals surface area (Å²) in [7, 11) is 0. The maximum atomic E-state index is 12.6. The minimum Gasteiger partial charge on any atom is -0.478 e. The lowest BCUT2D eigenvalue weighted by Gasteiger charge is -2.32. The average molecular weight is 448 g/mol. The molecule has 0 unspecified atom stereocenters. The number of ether oxygens (including phenoxy) is 1. The van der Waals surface area contributed by atoms with Crippen LogP contribution in [0.15, 0.2) is 48.5 Å². The summed E-state index contributed by atoms with van der Waals surface area (Å²) in [6.45, 7) is 1.54. The van der Waals surface area contributed by atoms with Crippen LogP contribution in [-0.4, -0.2) is 44.7 Å². The van der Waals surface area contributed by atoms with E-state index in [2.05, 4.69) is 4.57 Å². The lowest BCUT2D eigenvalue weighted by Crippen LogP contribution is -2.38. The van der Waals surface area contributed by atoms with Crippen LogP contribution in [0.2, 0.25) is 0 Å². The Morgan fingerprint density at radius 1 is 1.00 bits per heavy atom. The fourth-order valence-corrected chi connectivity index (χ4v) is 5.22. The molecule has 7 nitrogen and oxygen atoms in total. The highest BCUT2D eigenvalue weighted by molar-refractivity contribution is 5.92. The number of aromatic carboxylic acids is 1. The Morgan fingerprint density at radius 3 is 2.42 bits per heavy atom. The van der Waals surface area contributed by atoms with Gasteiger partial charge in [0.25, 0.3) is 0 Å². The molecule has 1 aromatic heterocycles. The molecule has 0 spiro atoms. The fourth-order valence-electron chi connectivity index (χ4n) is 5.22. The molecule has 1 saturated heterocycles. The molecule has 2 heterocycles. The van der Waals surface area contributed by atoms with Gasteiger partial charge in [0.1, 0.15) is 12.4 Å². The summed E-state index contributed by atoms with van der Waals surface area (Å²) < 4.78 is 7.87. The fraction of sp³-hybridized carbons (Fsp3) is 0.423. The quantitative estimate of drug-likeness (QED) is 0.569. The van der Waals surface area contributed by atoms with Crippen LogP contribution in [0.3, 0.4) is 0 Å². The first-order valence-corrected chi connectivity index (χ1v) is 11.8. The van der Waals surface area contributed by atoms with Crippen molar-refractivity contribution >= 4 is 23.1 Å². The smallest absolute Gasteiger partial charge is 0.410 e. The predicted molar refractivity (Wildman–Crippen MR) is 124 cm³/mol. The van der Waals surface area contributed by atoms with Gasteiger partial charge in [-0.15, -0.1) is 0 Å². The van der Waals surface area contributed by atoms with Gasteiger partial charge in [-0.1, -0.05) is 43.2 Å². The van der Waals surface area contributed by atoms with Crippen molar-refractivity contribution in [3.8, 4) is 0 Å². The van der Waals surface area contributed by atoms with Crippen molar-refractivity contribution in [3.05, 3.63) is 65.5 Å². The van der Waals surface area contributed by atoms with Crippen LogP contribution in [0.5, 0.6) is 0 Å². The number of likely N-dealkylation sites (tertiary alicyclic amines) is 1. The van der Waals surface area contributed by atoms with Gasteiger partial charge < -0.3 is 19.3 Å². The van der Waals surface area contributed by atoms with E-state index < -0.39 is 5.97 Å². The van der Waals surface area contributed by atoms with E-state index in [4.69, 9.17) is 9.72 Å². The van der Waals surface area contributed by atoms with Crippen molar-refractivity contribution < 1.29 is 19.4 Å². The molecule has 1 N–H and O–H groups in total. The van der Waals surface area contributed by atoms with Crippen LogP contribution in [0.4, 0.5) is 4.79 Å². The maximum Gasteiger partial charge on any atom is 0.410 e. The molecule has 1 aliphatic carbocycles. The van der Waals surface area contributed by atoms with Crippen molar-refractivity contribution in [1.82, 2.24) is 14.5 Å². The number of carbonyl (C=O) groups is 2. The summed E-state index contributed by atoms with van der Waals surface area (Å²) in [6.07, 6.45) is 6.05. The van der Waals surface area contributed by atoms with E-state index in [1.807, 2.05) is 36.4 Å². The number of hydrogen-bond donors (Lipinski definition) is 1. The molecule has 2 aromatic carbocycles. The number of rotatable bonds is 5. The first-order valence-electron chi connectivity index (χ1n) is 11.8. The van der Waals surface area contributed by atoms with E-state index in [1.54, 1.807) is 17.0 Å². The molecule has 1 saturated carbocycles. The molecule has 1 amide bonds. The van der Waals surface area contributed by atoms with Crippen LogP contribution in [0.25, 0.3) is 11.0 Å². The lowest BCUT2D eigenvalue weighted by atomic mass is 9.95. The van der Waals surface area contributed by atoms with Gasteiger partial charge in [0.15, 0.2) is 0 Å². The van der Waals surface area contributed by atoms with Crippen LogP contribution in [0.1, 0.15) is 72.2 Å². The van der Waals surface area contributed by atoms with Crippen LogP contribution in [0, 0.1) is 0 Å². The molecule has 1 aliphatic heterocycles. The number of aromatic nitrogens is 2. The zero-order valence-electron chi connectivity index (χ0n) is 18.7. The summed E-state index contributed by atoms with van der Waals surface area (Å²) in [6, 6.07) is 15.4. The normalized spacial score (nSPS) is 17.5. The summed E-state index contributed by atoms with van der Waals surface area (Å²) >= 11 is 0. The third-order valence-corrected chi connectivity index (χ3v) is 6.98. The number of carboxylic acid groups (broad SMARTS) is 1. The Bertz CT molecular complexity index is 1140. The first kappa shape index (κ1) is 21.5. The maximum absolute atomic E-state index is 12.6. The van der Waals surface area contributed by atoms with E-state index in [0.717, 1.165) is 48.1 Å². The third kappa shape index (κ3) is 4.45. The van der Waals surface area contributed by atoms with Gasteiger partial charge in [-0.3, -0.25) is 0 Å². The first-order chi connectivity index (χ1) is 16.1. The number of piperidine rings is 1. The Hall–Kier alpha value is -3.35. The highest BCUT2D eigenvalue weighted by atomic mass is 16.6. The van der Waals surface area contributed by atoms with Crippen molar-refractivity contribution in [1.29, 1.82) is 0 Å². The molecule has 2 aliphatic rings. The standard InChI is InChI=1S/C26H29N3O4/c30-25(31)20-10-11-23-22(16-20)27-24(29(23)21-8-4-5-9-21)19-12-14-28(15-13-19)26(32)33-17-18-6-2-1-3-7-18/h1-3,6-7,10-11,16,19,21H,4-5,8-9,12-15,17H2,(H,30,31). The Labute approximate surface area is 193 Å². The van der Waals surface area contributed by atoms with Crippen LogP contribution in [-0.2, 0) is 11.3 Å². The zero-order valence-corrected chi connectivity index (χ0v) is 18.7. The third-order valence-electron chi connectivity index (χ3n) is 6.98. The Balaban J connectivity index is 1.31. The topological polar surface area (TPSA) is 84.7 Å². The number of fused-ring (bicyclic) bond motifs is 1. The molecular weight excluding hydrogens is 418 g/mol. The van der Waals surface area contributed by atoms with Gasteiger partial charge in [-0.25, -0.2) is 14.6 Å². The Kier molecular flexibility index (Phi) is 6.03. The predicted octanol–water partition coefficient (Wildman–Crippen LogP) is 5.37. The summed E-state index contributed by atoms with van der Waals surface area (Å²) in [5, 5.41) is 9.39. The molecule has 33 heavy (non-hydrogen) atoms. The number of imidazole rings is 1. The highest BCUT2D eigenvalue weighted by Crippen LogP contribution is 2.38. The van der Waals surface area contributed by atoms with Crippen molar-refractivity contribution in [3.63, 3.8) is 0 Å².